The normalized spacial score (nSPS) is 18.1. The Morgan fingerprint density at radius 3 is 3.06 bits per heavy atom. The summed E-state index contributed by atoms with van der Waals surface area (Å²) < 4.78 is 0. The van der Waals surface area contributed by atoms with Crippen molar-refractivity contribution in [1.82, 2.24) is 10.9 Å². The van der Waals surface area contributed by atoms with Gasteiger partial charge in [0.25, 0.3) is 11.8 Å². The first-order chi connectivity index (χ1) is 8.66. The number of nitrogens with one attached hydrogen (secondary N) is 2. The molecule has 2 amide bonds. The van der Waals surface area contributed by atoms with Gasteiger partial charge in [0.15, 0.2) is 5.92 Å². The molecule has 6 nitrogen and oxygen atoms in total. The van der Waals surface area contributed by atoms with E-state index in [1.165, 1.54) is 12.4 Å². The molecule has 1 aliphatic rings. The van der Waals surface area contributed by atoms with Gasteiger partial charge in [-0.1, -0.05) is 23.7 Å². The molecule has 92 valence electrons. The summed E-state index contributed by atoms with van der Waals surface area (Å²) in [5.41, 5.74) is 5.17. The number of nitrogens with zero attached hydrogens (tertiary/aromatic N) is 2. The van der Waals surface area contributed by atoms with E-state index in [2.05, 4.69) is 21.1 Å². The summed E-state index contributed by atoms with van der Waals surface area (Å²) in [6.07, 6.45) is 2.67. The molecule has 0 saturated heterocycles. The minimum absolute atomic E-state index is 0.467. The molecule has 0 aromatic heterocycles. The third kappa shape index (κ3) is 2.92. The van der Waals surface area contributed by atoms with Crippen molar-refractivity contribution < 1.29 is 9.59 Å². The van der Waals surface area contributed by atoms with Gasteiger partial charge in [-0.25, -0.2) is 10.9 Å². The Labute approximate surface area is 108 Å². The standard InChI is InChI=1S/C11H9ClN4O2/c12-8-3-1-2-7(4-8)5-13-15-10(17)9-6-14-16-11(9)18/h1-6,9H,(H,15,17)(H,16,18). The Bertz CT molecular complexity index is 542. The zero-order valence-corrected chi connectivity index (χ0v) is 9.89. The molecule has 7 heteroatoms. The van der Waals surface area contributed by atoms with Crippen LogP contribution in [0.5, 0.6) is 0 Å². The van der Waals surface area contributed by atoms with E-state index in [4.69, 9.17) is 11.6 Å². The Kier molecular flexibility index (Phi) is 3.69. The van der Waals surface area contributed by atoms with Gasteiger partial charge in [0, 0.05) is 11.2 Å². The van der Waals surface area contributed by atoms with Gasteiger partial charge in [0.1, 0.15) is 0 Å². The van der Waals surface area contributed by atoms with E-state index >= 15 is 0 Å². The summed E-state index contributed by atoms with van der Waals surface area (Å²) >= 11 is 5.79. The highest BCUT2D eigenvalue weighted by Crippen LogP contribution is 2.08. The Hall–Kier alpha value is -2.21. The average Bonchev–Trinajstić information content (AvgIpc) is 2.75. The second-order valence-electron chi connectivity index (χ2n) is 3.52. The fourth-order valence-corrected chi connectivity index (χ4v) is 1.53. The van der Waals surface area contributed by atoms with E-state index < -0.39 is 17.7 Å². The van der Waals surface area contributed by atoms with Crippen LogP contribution in [0.3, 0.4) is 0 Å². The smallest absolute Gasteiger partial charge is 0.258 e. The molecule has 0 bridgehead atoms. The number of hydrogen-bond acceptors (Lipinski definition) is 4. The summed E-state index contributed by atoms with van der Waals surface area (Å²) in [5.74, 6) is -1.93. The van der Waals surface area contributed by atoms with E-state index in [0.29, 0.717) is 5.02 Å². The second-order valence-corrected chi connectivity index (χ2v) is 3.96. The molecule has 0 fully saturated rings. The van der Waals surface area contributed by atoms with Gasteiger partial charge in [0.05, 0.1) is 6.21 Å². The van der Waals surface area contributed by atoms with Crippen LogP contribution in [0.4, 0.5) is 0 Å². The van der Waals surface area contributed by atoms with Gasteiger partial charge in [-0.3, -0.25) is 9.59 Å². The van der Waals surface area contributed by atoms with Gasteiger partial charge >= 0.3 is 0 Å². The van der Waals surface area contributed by atoms with Crippen LogP contribution in [0.2, 0.25) is 5.02 Å². The Balaban J connectivity index is 1.93. The van der Waals surface area contributed by atoms with Crippen molar-refractivity contribution in [2.24, 2.45) is 16.1 Å². The van der Waals surface area contributed by atoms with Crippen LogP contribution in [0.25, 0.3) is 0 Å². The molecular weight excluding hydrogens is 256 g/mol. The molecule has 2 rings (SSSR count). The van der Waals surface area contributed by atoms with Crippen molar-refractivity contribution >= 4 is 35.8 Å². The SMILES string of the molecule is O=C(NN=Cc1cccc(Cl)c1)C1C=NNC1=O. The monoisotopic (exact) mass is 264 g/mol. The molecule has 1 aliphatic heterocycles. The molecule has 1 aromatic carbocycles. The molecule has 18 heavy (non-hydrogen) atoms. The molecule has 1 atom stereocenters. The fraction of sp³-hybridized carbons (Fsp3) is 0.0909. The first-order valence-electron chi connectivity index (χ1n) is 5.08. The lowest BCUT2D eigenvalue weighted by Crippen LogP contribution is -2.34. The van der Waals surface area contributed by atoms with Crippen molar-refractivity contribution in [2.75, 3.05) is 0 Å². The summed E-state index contributed by atoms with van der Waals surface area (Å²) in [4.78, 5) is 22.6. The molecule has 0 radical (unpaired) electrons. The van der Waals surface area contributed by atoms with Gasteiger partial charge in [-0.15, -0.1) is 0 Å². The quantitative estimate of drug-likeness (QED) is 0.474. The maximum Gasteiger partial charge on any atom is 0.258 e. The van der Waals surface area contributed by atoms with Crippen molar-refractivity contribution in [1.29, 1.82) is 0 Å². The Morgan fingerprint density at radius 1 is 1.56 bits per heavy atom. The minimum atomic E-state index is -0.929. The number of hydrogen-bond donors (Lipinski definition) is 2. The summed E-state index contributed by atoms with van der Waals surface area (Å²) in [6.45, 7) is 0. The van der Waals surface area contributed by atoms with Gasteiger partial charge < -0.3 is 0 Å². The van der Waals surface area contributed by atoms with Gasteiger partial charge in [-0.05, 0) is 17.7 Å². The molecule has 1 unspecified atom stereocenters. The Morgan fingerprint density at radius 2 is 2.39 bits per heavy atom. The number of benzene rings is 1. The number of carbonyl (C=O) groups excluding carboxylic acids is 2. The summed E-state index contributed by atoms with van der Waals surface area (Å²) in [7, 11) is 0. The number of rotatable bonds is 3. The maximum absolute atomic E-state index is 11.5. The first-order valence-corrected chi connectivity index (χ1v) is 5.46. The predicted octanol–water partition coefficient (Wildman–Crippen LogP) is 0.522. The van der Waals surface area contributed by atoms with E-state index in [-0.39, 0.29) is 0 Å². The van der Waals surface area contributed by atoms with E-state index in [1.807, 2.05) is 0 Å². The second kappa shape index (κ2) is 5.42. The lowest BCUT2D eigenvalue weighted by atomic mass is 10.1. The highest BCUT2D eigenvalue weighted by molar-refractivity contribution is 6.30. The molecule has 1 heterocycles. The molecule has 0 aliphatic carbocycles. The van der Waals surface area contributed by atoms with Crippen molar-refractivity contribution in [3.63, 3.8) is 0 Å². The summed E-state index contributed by atoms with van der Waals surface area (Å²) in [6, 6.07) is 6.98. The molecular formula is C11H9ClN4O2. The zero-order chi connectivity index (χ0) is 13.0. The van der Waals surface area contributed by atoms with Crippen LogP contribution in [0, 0.1) is 5.92 Å². The van der Waals surface area contributed by atoms with E-state index in [0.717, 1.165) is 5.56 Å². The van der Waals surface area contributed by atoms with Crippen molar-refractivity contribution in [2.45, 2.75) is 0 Å². The van der Waals surface area contributed by atoms with Crippen LogP contribution in [0.1, 0.15) is 5.56 Å². The average molecular weight is 265 g/mol. The molecule has 0 spiro atoms. The fourth-order valence-electron chi connectivity index (χ4n) is 1.33. The van der Waals surface area contributed by atoms with Crippen molar-refractivity contribution in [3.05, 3.63) is 34.9 Å². The third-order valence-corrected chi connectivity index (χ3v) is 2.44. The molecule has 0 saturated carbocycles. The van der Waals surface area contributed by atoms with Gasteiger partial charge in [0.2, 0.25) is 0 Å². The van der Waals surface area contributed by atoms with Crippen LogP contribution >= 0.6 is 11.6 Å². The lowest BCUT2D eigenvalue weighted by Gasteiger charge is -2.01. The summed E-state index contributed by atoms with van der Waals surface area (Å²) in [5, 5.41) is 7.80. The molecule has 1 aromatic rings. The number of halogens is 1. The number of carbonyl (C=O) groups is 2. The first kappa shape index (κ1) is 12.3. The highest BCUT2D eigenvalue weighted by atomic mass is 35.5. The third-order valence-electron chi connectivity index (χ3n) is 2.20. The zero-order valence-electron chi connectivity index (χ0n) is 9.13. The number of amides is 2. The van der Waals surface area contributed by atoms with Crippen LogP contribution in [0.15, 0.2) is 34.5 Å². The van der Waals surface area contributed by atoms with Crippen molar-refractivity contribution in [3.8, 4) is 0 Å². The van der Waals surface area contributed by atoms with Gasteiger partial charge in [-0.2, -0.15) is 10.2 Å². The van der Waals surface area contributed by atoms with E-state index in [9.17, 15) is 9.59 Å². The molecule has 2 N–H and O–H groups in total. The minimum Gasteiger partial charge on any atom is -0.272 e. The largest absolute Gasteiger partial charge is 0.272 e. The topological polar surface area (TPSA) is 82.9 Å². The van der Waals surface area contributed by atoms with Crippen LogP contribution in [-0.2, 0) is 9.59 Å². The van der Waals surface area contributed by atoms with Crippen LogP contribution < -0.4 is 10.9 Å². The maximum atomic E-state index is 11.5. The van der Waals surface area contributed by atoms with Crippen LogP contribution in [-0.4, -0.2) is 24.2 Å². The lowest BCUT2D eigenvalue weighted by molar-refractivity contribution is -0.131. The highest BCUT2D eigenvalue weighted by Gasteiger charge is 2.28. The predicted molar refractivity (Wildman–Crippen MR) is 67.3 cm³/mol. The van der Waals surface area contributed by atoms with E-state index in [1.54, 1.807) is 24.3 Å². The number of hydrazone groups is 2.